The van der Waals surface area contributed by atoms with Gasteiger partial charge in [-0.1, -0.05) is 11.6 Å². The van der Waals surface area contributed by atoms with Gasteiger partial charge in [-0.15, -0.1) is 0 Å². The molecular weight excluding hydrogens is 453 g/mol. The highest BCUT2D eigenvalue weighted by molar-refractivity contribution is 6.32. The number of carbonyl (C=O) groups is 2. The van der Waals surface area contributed by atoms with Crippen molar-refractivity contribution in [1.29, 1.82) is 0 Å². The molecule has 32 heavy (non-hydrogen) atoms. The van der Waals surface area contributed by atoms with E-state index < -0.39 is 30.5 Å². The Labute approximate surface area is 184 Å². The molecule has 0 saturated carbocycles. The molecule has 12 heteroatoms. The summed E-state index contributed by atoms with van der Waals surface area (Å²) in [5.74, 6) is -1.53. The SMILES string of the molecule is CCOC(=O)c1ccn(-c2ccc(NC(=O)c3cnc(OCC(F)(F)F)c(Cl)c3)cc2)n1. The minimum atomic E-state index is -4.54. The number of anilines is 1. The van der Waals surface area contributed by atoms with Crippen molar-refractivity contribution in [2.45, 2.75) is 13.1 Å². The number of esters is 1. The normalized spacial score (nSPS) is 11.2. The van der Waals surface area contributed by atoms with Gasteiger partial charge in [0.1, 0.15) is 5.02 Å². The van der Waals surface area contributed by atoms with Crippen molar-refractivity contribution in [3.63, 3.8) is 0 Å². The number of nitrogens with zero attached hydrogens (tertiary/aromatic N) is 3. The van der Waals surface area contributed by atoms with E-state index in [-0.39, 0.29) is 22.9 Å². The number of ether oxygens (including phenoxy) is 2. The molecule has 0 unspecified atom stereocenters. The van der Waals surface area contributed by atoms with Crippen molar-refractivity contribution in [1.82, 2.24) is 14.8 Å². The molecule has 0 atom stereocenters. The van der Waals surface area contributed by atoms with Crippen LogP contribution in [-0.2, 0) is 4.74 Å². The van der Waals surface area contributed by atoms with Crippen LogP contribution < -0.4 is 10.1 Å². The molecule has 1 aromatic carbocycles. The van der Waals surface area contributed by atoms with Crippen molar-refractivity contribution >= 4 is 29.2 Å². The molecule has 0 aliphatic rings. The van der Waals surface area contributed by atoms with E-state index >= 15 is 0 Å². The monoisotopic (exact) mass is 468 g/mol. The Morgan fingerprint density at radius 1 is 1.19 bits per heavy atom. The number of amides is 1. The molecule has 0 spiro atoms. The van der Waals surface area contributed by atoms with Gasteiger partial charge in [0, 0.05) is 18.1 Å². The van der Waals surface area contributed by atoms with Crippen LogP contribution in [0.2, 0.25) is 5.02 Å². The maximum Gasteiger partial charge on any atom is 0.422 e. The number of hydrogen-bond acceptors (Lipinski definition) is 6. The molecule has 1 amide bonds. The number of halogens is 4. The largest absolute Gasteiger partial charge is 0.467 e. The van der Waals surface area contributed by atoms with Crippen LogP contribution in [0.25, 0.3) is 5.69 Å². The molecule has 2 heterocycles. The van der Waals surface area contributed by atoms with Gasteiger partial charge < -0.3 is 14.8 Å². The third kappa shape index (κ3) is 5.97. The summed E-state index contributed by atoms with van der Waals surface area (Å²) in [7, 11) is 0. The van der Waals surface area contributed by atoms with Gasteiger partial charge >= 0.3 is 12.1 Å². The number of carbonyl (C=O) groups excluding carboxylic acids is 2. The standard InChI is InChI=1S/C20H16ClF3N4O4/c1-2-31-19(30)16-7-8-28(27-16)14-5-3-13(4-6-14)26-17(29)12-9-15(21)18(25-10-12)32-11-20(22,23)24/h3-10H,2,11H2,1H3,(H,26,29). The Balaban J connectivity index is 1.65. The minimum absolute atomic E-state index is 0.0320. The van der Waals surface area contributed by atoms with Crippen LogP contribution in [0, 0.1) is 0 Å². The molecular formula is C20H16ClF3N4O4. The molecule has 0 radical (unpaired) electrons. The van der Waals surface area contributed by atoms with E-state index in [1.165, 1.54) is 10.7 Å². The summed E-state index contributed by atoms with van der Waals surface area (Å²) in [4.78, 5) is 27.8. The Kier molecular flexibility index (Phi) is 6.98. The summed E-state index contributed by atoms with van der Waals surface area (Å²) < 4.78 is 47.6. The predicted octanol–water partition coefficient (Wildman–Crippen LogP) is 4.29. The average Bonchev–Trinajstić information content (AvgIpc) is 3.23. The lowest BCUT2D eigenvalue weighted by atomic mass is 10.2. The quantitative estimate of drug-likeness (QED) is 0.520. The zero-order valence-electron chi connectivity index (χ0n) is 16.5. The maximum absolute atomic E-state index is 12.4. The highest BCUT2D eigenvalue weighted by Crippen LogP contribution is 2.25. The van der Waals surface area contributed by atoms with E-state index in [1.54, 1.807) is 37.4 Å². The molecule has 0 saturated heterocycles. The van der Waals surface area contributed by atoms with Crippen LogP contribution in [0.15, 0.2) is 48.8 Å². The van der Waals surface area contributed by atoms with Gasteiger partial charge in [0.25, 0.3) is 5.91 Å². The van der Waals surface area contributed by atoms with Gasteiger partial charge in [0.15, 0.2) is 12.3 Å². The van der Waals surface area contributed by atoms with E-state index in [1.807, 2.05) is 0 Å². The van der Waals surface area contributed by atoms with Gasteiger partial charge in [0.2, 0.25) is 5.88 Å². The van der Waals surface area contributed by atoms with Gasteiger partial charge in [-0.25, -0.2) is 14.5 Å². The van der Waals surface area contributed by atoms with Crippen molar-refractivity contribution < 1.29 is 32.2 Å². The van der Waals surface area contributed by atoms with Crippen LogP contribution >= 0.6 is 11.6 Å². The van der Waals surface area contributed by atoms with Gasteiger partial charge in [-0.2, -0.15) is 18.3 Å². The molecule has 0 fully saturated rings. The maximum atomic E-state index is 12.4. The van der Waals surface area contributed by atoms with Crippen molar-refractivity contribution in [2.75, 3.05) is 18.5 Å². The molecule has 2 aromatic heterocycles. The first-order valence-corrected chi connectivity index (χ1v) is 9.54. The van der Waals surface area contributed by atoms with E-state index in [2.05, 4.69) is 20.1 Å². The summed E-state index contributed by atoms with van der Waals surface area (Å²) >= 11 is 5.86. The topological polar surface area (TPSA) is 95.3 Å². The van der Waals surface area contributed by atoms with Crippen molar-refractivity contribution in [3.8, 4) is 11.6 Å². The molecule has 0 aliphatic carbocycles. The van der Waals surface area contributed by atoms with Crippen molar-refractivity contribution in [2.24, 2.45) is 0 Å². The lowest BCUT2D eigenvalue weighted by Gasteiger charge is -2.11. The first kappa shape index (κ1) is 23.1. The highest BCUT2D eigenvalue weighted by Gasteiger charge is 2.29. The zero-order chi connectivity index (χ0) is 23.3. The van der Waals surface area contributed by atoms with E-state index in [9.17, 15) is 22.8 Å². The lowest BCUT2D eigenvalue weighted by Crippen LogP contribution is -2.20. The highest BCUT2D eigenvalue weighted by atomic mass is 35.5. The third-order valence-corrected chi connectivity index (χ3v) is 4.18. The molecule has 8 nitrogen and oxygen atoms in total. The number of hydrogen-bond donors (Lipinski definition) is 1. The molecule has 3 rings (SSSR count). The van der Waals surface area contributed by atoms with Gasteiger partial charge in [-0.3, -0.25) is 4.79 Å². The number of alkyl halides is 3. The predicted molar refractivity (Wildman–Crippen MR) is 108 cm³/mol. The zero-order valence-corrected chi connectivity index (χ0v) is 17.3. The number of pyridine rings is 1. The summed E-state index contributed by atoms with van der Waals surface area (Å²) in [6.07, 6.45) is -1.89. The Bertz CT molecular complexity index is 1120. The van der Waals surface area contributed by atoms with Crippen LogP contribution in [0.5, 0.6) is 5.88 Å². The molecule has 0 bridgehead atoms. The van der Waals surface area contributed by atoms with Crippen molar-refractivity contribution in [3.05, 3.63) is 65.1 Å². The minimum Gasteiger partial charge on any atom is -0.467 e. The summed E-state index contributed by atoms with van der Waals surface area (Å²) in [6.45, 7) is 0.390. The van der Waals surface area contributed by atoms with Crippen LogP contribution in [0.4, 0.5) is 18.9 Å². The number of rotatable bonds is 7. The molecule has 168 valence electrons. The Morgan fingerprint density at radius 3 is 2.53 bits per heavy atom. The fraction of sp³-hybridized carbons (Fsp3) is 0.200. The number of nitrogens with one attached hydrogen (secondary N) is 1. The van der Waals surface area contributed by atoms with Gasteiger partial charge in [-0.05, 0) is 43.3 Å². The second-order valence-electron chi connectivity index (χ2n) is 6.28. The second kappa shape index (κ2) is 9.69. The third-order valence-electron chi connectivity index (χ3n) is 3.91. The molecule has 3 aromatic rings. The first-order chi connectivity index (χ1) is 15.2. The Morgan fingerprint density at radius 2 is 1.91 bits per heavy atom. The second-order valence-corrected chi connectivity index (χ2v) is 6.69. The van der Waals surface area contributed by atoms with E-state index in [0.717, 1.165) is 12.3 Å². The fourth-order valence-corrected chi connectivity index (χ4v) is 2.71. The van der Waals surface area contributed by atoms with Crippen LogP contribution in [0.1, 0.15) is 27.8 Å². The van der Waals surface area contributed by atoms with E-state index in [0.29, 0.717) is 11.4 Å². The fourth-order valence-electron chi connectivity index (χ4n) is 2.49. The number of benzene rings is 1. The van der Waals surface area contributed by atoms with E-state index in [4.69, 9.17) is 16.3 Å². The molecule has 0 aliphatic heterocycles. The number of aromatic nitrogens is 3. The first-order valence-electron chi connectivity index (χ1n) is 9.16. The summed E-state index contributed by atoms with van der Waals surface area (Å²) in [5.41, 5.74) is 1.26. The summed E-state index contributed by atoms with van der Waals surface area (Å²) in [6, 6.07) is 9.22. The molecule has 1 N–H and O–H groups in total. The Hall–Kier alpha value is -3.60. The summed E-state index contributed by atoms with van der Waals surface area (Å²) in [5, 5.41) is 6.52. The van der Waals surface area contributed by atoms with Crippen LogP contribution in [-0.4, -0.2) is 46.0 Å². The smallest absolute Gasteiger partial charge is 0.422 e. The van der Waals surface area contributed by atoms with Gasteiger partial charge in [0.05, 0.1) is 17.9 Å². The lowest BCUT2D eigenvalue weighted by molar-refractivity contribution is -0.154. The van der Waals surface area contributed by atoms with Crippen LogP contribution in [0.3, 0.4) is 0 Å². The average molecular weight is 469 g/mol.